The molecule has 0 bridgehead atoms. The van der Waals surface area contributed by atoms with Crippen LogP contribution in [0.5, 0.6) is 0 Å². The van der Waals surface area contributed by atoms with Gasteiger partial charge in [0.15, 0.2) is 37.4 Å². The van der Waals surface area contributed by atoms with Crippen LogP contribution in [-0.4, -0.2) is 324 Å². The Kier molecular flexibility index (Phi) is 21.6. The molecule has 0 spiro atoms. The molecule has 0 aliphatic carbocycles. The Labute approximate surface area is 414 Å². The van der Waals surface area contributed by atoms with Crippen molar-refractivity contribution in [1.82, 2.24) is 0 Å². The fourth-order valence-corrected chi connectivity index (χ4v) is 8.97. The third-order valence-electron chi connectivity index (χ3n) is 13.3. The molecule has 0 saturated carbocycles. The molecule has 6 aliphatic heterocycles. The summed E-state index contributed by atoms with van der Waals surface area (Å²) in [6.07, 6.45) is -50.4. The molecule has 6 heterocycles. The zero-order valence-corrected chi connectivity index (χ0v) is 39.5. The topological polar surface area (TPSA) is 531 Å². The molecule has 0 radical (unpaired) electrons. The molecule has 426 valence electrons. The summed E-state index contributed by atoms with van der Waals surface area (Å²) in [4.78, 5) is 23.9. The molecule has 6 rings (SSSR count). The monoisotopic (exact) mass is 1070 g/mol. The minimum atomic E-state index is -1.92. The fraction of sp³-hybridized carbons (Fsp3) is 0.951. The van der Waals surface area contributed by atoms with Crippen molar-refractivity contribution >= 4 is 11.9 Å². The molecule has 0 aromatic carbocycles. The van der Waals surface area contributed by atoms with E-state index in [1.54, 1.807) is 20.8 Å². The van der Waals surface area contributed by atoms with Crippen LogP contribution < -0.4 is 0 Å². The van der Waals surface area contributed by atoms with E-state index in [0.29, 0.717) is 0 Å². The summed E-state index contributed by atoms with van der Waals surface area (Å²) in [5.74, 6) is -3.14. The lowest BCUT2D eigenvalue weighted by Gasteiger charge is -2.50. The number of carboxylic acid groups (broad SMARTS) is 2. The number of carbonyl (C=O) groups is 2. The summed E-state index contributed by atoms with van der Waals surface area (Å²) < 4.78 is 54.5. The van der Waals surface area contributed by atoms with Gasteiger partial charge in [-0.05, 0) is 12.3 Å². The van der Waals surface area contributed by atoms with Crippen LogP contribution >= 0.6 is 0 Å². The molecule has 6 aliphatic rings. The van der Waals surface area contributed by atoms with Crippen LogP contribution in [0.3, 0.4) is 0 Å². The Morgan fingerprint density at radius 1 is 0.370 bits per heavy atom. The summed E-state index contributed by atoms with van der Waals surface area (Å²) in [5.41, 5.74) is -0.901. The van der Waals surface area contributed by atoms with Crippen molar-refractivity contribution in [3.8, 4) is 0 Å². The lowest BCUT2D eigenvalue weighted by molar-refractivity contribution is -0.367. The summed E-state index contributed by atoms with van der Waals surface area (Å²) in [6, 6.07) is 0. The molecule has 6 fully saturated rings. The average molecular weight is 1070 g/mol. The quantitative estimate of drug-likeness (QED) is 0.0768. The maximum atomic E-state index is 12.1. The van der Waals surface area contributed by atoms with Crippen molar-refractivity contribution < 1.29 is 159 Å². The summed E-state index contributed by atoms with van der Waals surface area (Å²) in [6.45, 7) is 3.21. The average Bonchev–Trinajstić information content (AvgIpc) is 3.34. The van der Waals surface area contributed by atoms with Crippen molar-refractivity contribution in [2.45, 2.75) is 212 Å². The number of ether oxygens (including phenoxy) is 10. The molecule has 20 N–H and O–H groups in total. The second-order valence-corrected chi connectivity index (χ2v) is 19.5. The molecule has 0 amide bonds. The maximum absolute atomic E-state index is 12.1. The third-order valence-corrected chi connectivity index (χ3v) is 13.3. The summed E-state index contributed by atoms with van der Waals surface area (Å²) in [5, 5.41) is 200. The molecule has 16 unspecified atom stereocenters. The Morgan fingerprint density at radius 3 is 0.904 bits per heavy atom. The van der Waals surface area contributed by atoms with E-state index in [4.69, 9.17) is 47.4 Å². The van der Waals surface area contributed by atoms with Gasteiger partial charge in [-0.15, -0.1) is 0 Å². The standard InChI is InChI=1S/C22H38O16.C19H32O16/c1-22(2,3)18-16(38-21-13(30)11(28)9(26)7(5-24)35-21)14(31)15(17(36-18)19(32)33)37-20-12(29)10(27)8(25)6(4-23)34-20;1-4-14(34-18-11(26)9(24)7(22)5(2-20)32-18)13(28)15(16(31-4)17(29)30)35-19-12(27)10(25)8(23)6(3-21)33-19/h6-18,20-21,23-31H,4-5H2,1-3H3,(H,32,33);4-16,18-28H,2-3H2,1H3,(H,29,30)/t;4-,5+,6+,7+,8+,9-,10-,11+,12+,13?,14-,15-,16-,18-,19-/m.0/s1. The predicted octanol–water partition coefficient (Wildman–Crippen LogP) is -11.8. The first-order chi connectivity index (χ1) is 34.1. The number of rotatable bonds is 14. The number of aliphatic carboxylic acids is 2. The highest BCUT2D eigenvalue weighted by Crippen LogP contribution is 2.39. The minimum absolute atomic E-state index is 0.742. The summed E-state index contributed by atoms with van der Waals surface area (Å²) >= 11 is 0. The van der Waals surface area contributed by atoms with Crippen LogP contribution in [0.1, 0.15) is 27.7 Å². The fourth-order valence-electron chi connectivity index (χ4n) is 8.97. The Bertz CT molecular complexity index is 1740. The lowest BCUT2D eigenvalue weighted by Crippen LogP contribution is -2.68. The van der Waals surface area contributed by atoms with E-state index < -0.39 is 228 Å². The van der Waals surface area contributed by atoms with Gasteiger partial charge in [-0.3, -0.25) is 0 Å². The van der Waals surface area contributed by atoms with Gasteiger partial charge < -0.3 is 149 Å². The van der Waals surface area contributed by atoms with E-state index in [2.05, 4.69) is 0 Å². The molecule has 30 atom stereocenters. The molecular formula is C41H70O32. The SMILES string of the molecule is CC(C)(C)C1OC(C(=O)O)C(OC2OC(CO)C(O)C(O)C2O)C(O)C1OC1OC(CO)C(O)C(O)C1O.C[C@@H]1O[C@H](C(=O)O)[C@@H](O[C@@H]2O[C@H](CO)[C@@H](O)[C@H](O)[C@H]2O)C(O)[C@H]1O[C@@H]1O[C@H](CO)[C@@H](O)[C@H](O)[C@H]1O. The second kappa shape index (κ2) is 25.5. The van der Waals surface area contributed by atoms with Crippen molar-refractivity contribution in [2.75, 3.05) is 26.4 Å². The van der Waals surface area contributed by atoms with Gasteiger partial charge in [0.25, 0.3) is 0 Å². The van der Waals surface area contributed by atoms with Crippen molar-refractivity contribution in [1.29, 1.82) is 0 Å². The van der Waals surface area contributed by atoms with E-state index >= 15 is 0 Å². The Hall–Kier alpha value is -2.18. The van der Waals surface area contributed by atoms with Crippen LogP contribution in [0.15, 0.2) is 0 Å². The smallest absolute Gasteiger partial charge is 0.335 e. The first-order valence-electron chi connectivity index (χ1n) is 23.0. The molecular weight excluding hydrogens is 1000 g/mol. The molecule has 73 heavy (non-hydrogen) atoms. The predicted molar refractivity (Wildman–Crippen MR) is 224 cm³/mol. The highest BCUT2D eigenvalue weighted by molar-refractivity contribution is 5.74. The van der Waals surface area contributed by atoms with Gasteiger partial charge in [-0.1, -0.05) is 20.8 Å². The van der Waals surface area contributed by atoms with Crippen LogP contribution in [0.2, 0.25) is 0 Å². The number of hydrogen-bond acceptors (Lipinski definition) is 30. The van der Waals surface area contributed by atoms with Crippen LogP contribution in [-0.2, 0) is 57.0 Å². The van der Waals surface area contributed by atoms with Gasteiger partial charge in [-0.2, -0.15) is 0 Å². The second-order valence-electron chi connectivity index (χ2n) is 19.5. The largest absolute Gasteiger partial charge is 0.479 e. The van der Waals surface area contributed by atoms with Gasteiger partial charge in [0, 0.05) is 0 Å². The van der Waals surface area contributed by atoms with Gasteiger partial charge in [0.2, 0.25) is 0 Å². The molecule has 0 aromatic heterocycles. The first kappa shape index (κ1) is 61.7. The zero-order chi connectivity index (χ0) is 54.9. The lowest BCUT2D eigenvalue weighted by atomic mass is 9.80. The van der Waals surface area contributed by atoms with Gasteiger partial charge in [-0.25, -0.2) is 9.59 Å². The minimum Gasteiger partial charge on any atom is -0.479 e. The highest BCUT2D eigenvalue weighted by atomic mass is 16.8. The van der Waals surface area contributed by atoms with Crippen molar-refractivity contribution in [3.05, 3.63) is 0 Å². The number of aliphatic hydroxyl groups is 18. The van der Waals surface area contributed by atoms with Crippen LogP contribution in [0, 0.1) is 5.41 Å². The normalized spacial score (nSPS) is 49.8. The van der Waals surface area contributed by atoms with Gasteiger partial charge >= 0.3 is 11.9 Å². The Balaban J connectivity index is 0.000000272. The zero-order valence-electron chi connectivity index (χ0n) is 39.5. The van der Waals surface area contributed by atoms with E-state index in [-0.39, 0.29) is 0 Å². The van der Waals surface area contributed by atoms with E-state index in [0.717, 1.165) is 0 Å². The Morgan fingerprint density at radius 2 is 0.630 bits per heavy atom. The van der Waals surface area contributed by atoms with Crippen molar-refractivity contribution in [3.63, 3.8) is 0 Å². The molecule has 32 heteroatoms. The number of aliphatic hydroxyl groups excluding tert-OH is 18. The van der Waals surface area contributed by atoms with Crippen molar-refractivity contribution in [2.24, 2.45) is 5.41 Å². The van der Waals surface area contributed by atoms with Gasteiger partial charge in [0.05, 0.1) is 38.6 Å². The maximum Gasteiger partial charge on any atom is 0.335 e. The first-order valence-corrected chi connectivity index (χ1v) is 23.0. The van der Waals surface area contributed by atoms with Crippen LogP contribution in [0.25, 0.3) is 0 Å². The van der Waals surface area contributed by atoms with E-state index in [1.807, 2.05) is 0 Å². The van der Waals surface area contributed by atoms with E-state index in [9.17, 15) is 112 Å². The third kappa shape index (κ3) is 13.2. The number of hydrogen-bond donors (Lipinski definition) is 20. The molecule has 32 nitrogen and oxygen atoms in total. The van der Waals surface area contributed by atoms with Crippen LogP contribution in [0.4, 0.5) is 0 Å². The highest BCUT2D eigenvalue weighted by Gasteiger charge is 2.58. The van der Waals surface area contributed by atoms with Gasteiger partial charge in [0.1, 0.15) is 134 Å². The van der Waals surface area contributed by atoms with E-state index in [1.165, 1.54) is 6.92 Å². The molecule has 0 aromatic rings. The number of carboxylic acids is 2. The summed E-state index contributed by atoms with van der Waals surface area (Å²) in [7, 11) is 0. The molecule has 6 saturated heterocycles.